The number of aliphatic imine (C=N–C) groups is 1. The second-order valence-corrected chi connectivity index (χ2v) is 10.1. The lowest BCUT2D eigenvalue weighted by Crippen LogP contribution is -2.35. The molecule has 3 heterocycles. The smallest absolute Gasteiger partial charge is 0.283 e. The molecular weight excluding hydrogens is 430 g/mol. The summed E-state index contributed by atoms with van der Waals surface area (Å²) in [6.07, 6.45) is 10.5. The summed E-state index contributed by atoms with van der Waals surface area (Å²) < 4.78 is 2.16. The number of aromatic nitrogens is 1. The van der Waals surface area contributed by atoms with Gasteiger partial charge < -0.3 is 4.57 Å². The van der Waals surface area contributed by atoms with Gasteiger partial charge in [-0.15, -0.1) is 0 Å². The number of nitrogens with zero attached hydrogens (tertiary/aromatic N) is 4. The summed E-state index contributed by atoms with van der Waals surface area (Å²) in [5.41, 5.74) is 4.37. The summed E-state index contributed by atoms with van der Waals surface area (Å²) in [6, 6.07) is 12.2. The van der Waals surface area contributed by atoms with Crippen molar-refractivity contribution in [2.24, 2.45) is 16.0 Å². The zero-order chi connectivity index (χ0) is 22.9. The van der Waals surface area contributed by atoms with Gasteiger partial charge in [0.25, 0.3) is 5.91 Å². The Morgan fingerprint density at radius 2 is 1.91 bits per heavy atom. The molecule has 6 nitrogen and oxygen atoms in total. The summed E-state index contributed by atoms with van der Waals surface area (Å²) in [7, 11) is 0. The van der Waals surface area contributed by atoms with E-state index >= 15 is 0 Å². The van der Waals surface area contributed by atoms with E-state index in [0.29, 0.717) is 5.17 Å². The van der Waals surface area contributed by atoms with E-state index in [0.717, 1.165) is 46.4 Å². The van der Waals surface area contributed by atoms with Gasteiger partial charge in [0.1, 0.15) is 5.04 Å². The molecule has 7 heteroatoms. The Kier molecular flexibility index (Phi) is 6.06. The molecule has 33 heavy (non-hydrogen) atoms. The first-order chi connectivity index (χ1) is 16.0. The number of benzene rings is 1. The van der Waals surface area contributed by atoms with Crippen molar-refractivity contribution in [1.82, 2.24) is 9.58 Å². The molecule has 1 aromatic carbocycles. The Bertz CT molecular complexity index is 1180. The van der Waals surface area contributed by atoms with Crippen molar-refractivity contribution in [3.63, 3.8) is 0 Å². The van der Waals surface area contributed by atoms with Crippen LogP contribution in [-0.2, 0) is 4.79 Å². The topological polar surface area (TPSA) is 73.8 Å². The molecule has 1 N–H and O–H groups in total. The van der Waals surface area contributed by atoms with Crippen LogP contribution < -0.4 is 0 Å². The third-order valence-corrected chi connectivity index (χ3v) is 7.74. The average molecular weight is 460 g/mol. The van der Waals surface area contributed by atoms with Gasteiger partial charge >= 0.3 is 0 Å². The SMILES string of the molecule is Cc1cc(/C=C2/C(=N)N3N=C(CCC4CCCCC4)SC3=NC2=O)c(C)n1-c1ccccc1. The summed E-state index contributed by atoms with van der Waals surface area (Å²) >= 11 is 1.44. The van der Waals surface area contributed by atoms with Crippen molar-refractivity contribution in [3.8, 4) is 5.69 Å². The largest absolute Gasteiger partial charge is 0.318 e. The number of hydrazone groups is 1. The highest BCUT2D eigenvalue weighted by molar-refractivity contribution is 8.26. The number of rotatable bonds is 5. The monoisotopic (exact) mass is 459 g/mol. The molecule has 0 spiro atoms. The molecule has 1 saturated carbocycles. The summed E-state index contributed by atoms with van der Waals surface area (Å²) in [6.45, 7) is 4.08. The second kappa shape index (κ2) is 9.14. The minimum Gasteiger partial charge on any atom is -0.318 e. The molecule has 0 bridgehead atoms. The number of carbonyl (C=O) groups is 1. The predicted octanol–water partition coefficient (Wildman–Crippen LogP) is 6.07. The fourth-order valence-electron chi connectivity index (χ4n) is 5.00. The first-order valence-corrected chi connectivity index (χ1v) is 12.6. The average Bonchev–Trinajstić information content (AvgIpc) is 3.36. The van der Waals surface area contributed by atoms with Gasteiger partial charge in [0.2, 0.25) is 5.17 Å². The molecular formula is C26H29N5OS. The first kappa shape index (κ1) is 21.9. The Labute approximate surface area is 199 Å². The van der Waals surface area contributed by atoms with Gasteiger partial charge in [-0.25, -0.2) is 0 Å². The normalized spacial score (nSPS) is 20.3. The van der Waals surface area contributed by atoms with E-state index in [-0.39, 0.29) is 17.3 Å². The first-order valence-electron chi connectivity index (χ1n) is 11.7. The Morgan fingerprint density at radius 3 is 2.67 bits per heavy atom. The molecule has 1 amide bonds. The van der Waals surface area contributed by atoms with Crippen LogP contribution in [0.1, 0.15) is 61.9 Å². The fourth-order valence-corrected chi connectivity index (χ4v) is 5.90. The minimum atomic E-state index is -0.369. The number of fused-ring (bicyclic) bond motifs is 1. The van der Waals surface area contributed by atoms with Gasteiger partial charge in [-0.05, 0) is 74.2 Å². The van der Waals surface area contributed by atoms with Crippen molar-refractivity contribution >= 4 is 39.8 Å². The highest BCUT2D eigenvalue weighted by Gasteiger charge is 2.35. The predicted molar refractivity (Wildman–Crippen MR) is 136 cm³/mol. The maximum Gasteiger partial charge on any atom is 0.283 e. The molecule has 170 valence electrons. The van der Waals surface area contributed by atoms with Gasteiger partial charge in [0, 0.05) is 17.1 Å². The van der Waals surface area contributed by atoms with Crippen LogP contribution in [0.5, 0.6) is 0 Å². The number of aryl methyl sites for hydroxylation is 1. The van der Waals surface area contributed by atoms with E-state index < -0.39 is 0 Å². The van der Waals surface area contributed by atoms with Gasteiger partial charge in [-0.2, -0.15) is 15.1 Å². The zero-order valence-electron chi connectivity index (χ0n) is 19.2. The van der Waals surface area contributed by atoms with Crippen LogP contribution in [-0.4, -0.2) is 31.5 Å². The van der Waals surface area contributed by atoms with Gasteiger partial charge in [0.15, 0.2) is 5.84 Å². The number of hydrogen-bond donors (Lipinski definition) is 1. The maximum absolute atomic E-state index is 12.8. The third kappa shape index (κ3) is 4.34. The Balaban J connectivity index is 1.37. The fraction of sp³-hybridized carbons (Fsp3) is 0.385. The molecule has 1 fully saturated rings. The Hall–Kier alpha value is -2.93. The molecule has 1 aliphatic carbocycles. The van der Waals surface area contributed by atoms with Crippen LogP contribution in [0, 0.1) is 25.2 Å². The number of thioether (sulfide) groups is 1. The molecule has 5 rings (SSSR count). The van der Waals surface area contributed by atoms with Crippen molar-refractivity contribution in [3.05, 3.63) is 58.9 Å². The number of carbonyl (C=O) groups excluding carboxylic acids is 1. The van der Waals surface area contributed by atoms with E-state index in [9.17, 15) is 4.79 Å². The zero-order valence-corrected chi connectivity index (χ0v) is 20.0. The highest BCUT2D eigenvalue weighted by Crippen LogP contribution is 2.33. The van der Waals surface area contributed by atoms with Gasteiger partial charge in [-0.1, -0.05) is 50.3 Å². The third-order valence-electron chi connectivity index (χ3n) is 6.77. The number of nitrogens with one attached hydrogen (secondary N) is 1. The molecule has 0 saturated heterocycles. The number of amides is 1. The summed E-state index contributed by atoms with van der Waals surface area (Å²) in [4.78, 5) is 17.1. The molecule has 1 aromatic heterocycles. The molecule has 0 radical (unpaired) electrons. The van der Waals surface area contributed by atoms with E-state index in [1.165, 1.54) is 48.9 Å². The second-order valence-electron chi connectivity index (χ2n) is 9.05. The minimum absolute atomic E-state index is 0.106. The Morgan fingerprint density at radius 1 is 1.15 bits per heavy atom. The maximum atomic E-state index is 12.8. The van der Waals surface area contributed by atoms with Gasteiger partial charge in [0.05, 0.1) is 5.57 Å². The van der Waals surface area contributed by atoms with E-state index in [2.05, 4.69) is 26.8 Å². The standard InChI is InChI=1S/C26H29N5OS/c1-17-15-20(18(2)30(17)21-11-7-4-8-12-21)16-22-24(27)31-26(28-25(22)32)33-23(29-31)14-13-19-9-5-3-6-10-19/h4,7-8,11-12,15-16,19,27H,3,5-6,9-10,13-14H2,1-2H3/b22-16-,27-24?. The van der Waals surface area contributed by atoms with Gasteiger partial charge in [-0.3, -0.25) is 10.2 Å². The van der Waals surface area contributed by atoms with E-state index in [1.807, 2.05) is 38.1 Å². The van der Waals surface area contributed by atoms with Crippen LogP contribution in [0.3, 0.4) is 0 Å². The molecule has 2 aromatic rings. The molecule has 0 atom stereocenters. The quantitative estimate of drug-likeness (QED) is 0.551. The molecule has 3 aliphatic rings. The molecule has 0 unspecified atom stereocenters. The number of hydrogen-bond acceptors (Lipinski definition) is 4. The van der Waals surface area contributed by atoms with Crippen LogP contribution in [0.25, 0.3) is 11.8 Å². The lowest BCUT2D eigenvalue weighted by atomic mass is 9.86. The van der Waals surface area contributed by atoms with E-state index in [4.69, 9.17) is 5.41 Å². The van der Waals surface area contributed by atoms with Crippen molar-refractivity contribution < 1.29 is 4.79 Å². The van der Waals surface area contributed by atoms with Crippen LogP contribution in [0.2, 0.25) is 0 Å². The number of amidine groups is 2. The highest BCUT2D eigenvalue weighted by atomic mass is 32.2. The lowest BCUT2D eigenvalue weighted by Gasteiger charge is -2.20. The van der Waals surface area contributed by atoms with Crippen LogP contribution in [0.4, 0.5) is 0 Å². The molecule has 2 aliphatic heterocycles. The van der Waals surface area contributed by atoms with E-state index in [1.54, 1.807) is 6.08 Å². The van der Waals surface area contributed by atoms with Crippen LogP contribution >= 0.6 is 11.8 Å². The van der Waals surface area contributed by atoms with Crippen molar-refractivity contribution in [2.45, 2.75) is 58.8 Å². The van der Waals surface area contributed by atoms with Crippen molar-refractivity contribution in [2.75, 3.05) is 0 Å². The summed E-state index contributed by atoms with van der Waals surface area (Å²) in [5.74, 6) is 0.514. The summed E-state index contributed by atoms with van der Waals surface area (Å²) in [5, 5.41) is 16.3. The lowest BCUT2D eigenvalue weighted by molar-refractivity contribution is -0.114. The van der Waals surface area contributed by atoms with Crippen LogP contribution in [0.15, 0.2) is 52.1 Å². The number of para-hydroxylation sites is 1. The van der Waals surface area contributed by atoms with Crippen molar-refractivity contribution in [1.29, 1.82) is 5.41 Å².